The third-order valence-corrected chi connectivity index (χ3v) is 3.32. The Bertz CT molecular complexity index is 587. The highest BCUT2D eigenvalue weighted by Crippen LogP contribution is 2.28. The van der Waals surface area contributed by atoms with Gasteiger partial charge >= 0.3 is 11.7 Å². The predicted molar refractivity (Wildman–Crippen MR) is 74.2 cm³/mol. The second kappa shape index (κ2) is 6.86. The molecule has 1 aromatic heterocycles. The summed E-state index contributed by atoms with van der Waals surface area (Å²) in [5.41, 5.74) is 1.15. The van der Waals surface area contributed by atoms with E-state index in [2.05, 4.69) is 4.98 Å². The number of carbonyl (C=O) groups excluding carboxylic acids is 1. The first-order valence-corrected chi connectivity index (χ1v) is 6.91. The molecule has 0 bridgehead atoms. The molecule has 0 radical (unpaired) electrons. The zero-order valence-electron chi connectivity index (χ0n) is 12.3. The molecule has 122 valence electrons. The number of rotatable bonds is 5. The zero-order valence-corrected chi connectivity index (χ0v) is 12.3. The fourth-order valence-corrected chi connectivity index (χ4v) is 2.06. The summed E-state index contributed by atoms with van der Waals surface area (Å²) in [5, 5.41) is 18.6. The van der Waals surface area contributed by atoms with Gasteiger partial charge in [-0.2, -0.15) is 4.98 Å². The molecule has 1 aromatic rings. The molecule has 0 spiro atoms. The van der Waals surface area contributed by atoms with Gasteiger partial charge in [-0.25, -0.2) is 4.79 Å². The first kappa shape index (κ1) is 16.4. The smallest absolute Gasteiger partial charge is 0.351 e. The van der Waals surface area contributed by atoms with Crippen molar-refractivity contribution in [2.24, 2.45) is 5.92 Å². The summed E-state index contributed by atoms with van der Waals surface area (Å²) < 4.78 is 11.8. The molecule has 0 amide bonds. The Labute approximate surface area is 126 Å². The summed E-state index contributed by atoms with van der Waals surface area (Å²) in [6.07, 6.45) is -0.682. The Morgan fingerprint density at radius 3 is 2.95 bits per heavy atom. The van der Waals surface area contributed by atoms with Crippen LogP contribution >= 0.6 is 0 Å². The quantitative estimate of drug-likeness (QED) is 0.508. The SMILES string of the molecule is CC(C)C(=O)OC[C@H]1O[C@@H](n2ccc(NO)nc2=O)C[C@@H]1O. The molecular formula is C13H19N3O6. The van der Waals surface area contributed by atoms with Crippen LogP contribution < -0.4 is 11.2 Å². The van der Waals surface area contributed by atoms with Crippen molar-refractivity contribution in [2.75, 3.05) is 12.1 Å². The Morgan fingerprint density at radius 2 is 2.36 bits per heavy atom. The first-order chi connectivity index (χ1) is 10.4. The van der Waals surface area contributed by atoms with Crippen LogP contribution in [0.1, 0.15) is 26.5 Å². The van der Waals surface area contributed by atoms with Gasteiger partial charge in [0.25, 0.3) is 0 Å². The van der Waals surface area contributed by atoms with Gasteiger partial charge in [0.15, 0.2) is 5.82 Å². The van der Waals surface area contributed by atoms with Crippen molar-refractivity contribution < 1.29 is 24.6 Å². The van der Waals surface area contributed by atoms with Crippen LogP contribution in [0.5, 0.6) is 0 Å². The highest BCUT2D eigenvalue weighted by molar-refractivity contribution is 5.71. The molecule has 9 heteroatoms. The zero-order chi connectivity index (χ0) is 16.3. The monoisotopic (exact) mass is 313 g/mol. The average Bonchev–Trinajstić information content (AvgIpc) is 2.85. The van der Waals surface area contributed by atoms with Gasteiger partial charge in [0.1, 0.15) is 18.9 Å². The Kier molecular flexibility index (Phi) is 5.11. The van der Waals surface area contributed by atoms with Crippen molar-refractivity contribution in [3.05, 3.63) is 22.7 Å². The van der Waals surface area contributed by atoms with E-state index < -0.39 is 24.1 Å². The van der Waals surface area contributed by atoms with E-state index in [1.54, 1.807) is 19.3 Å². The van der Waals surface area contributed by atoms with Crippen LogP contribution in [0.2, 0.25) is 0 Å². The summed E-state index contributed by atoms with van der Waals surface area (Å²) >= 11 is 0. The standard InChI is InChI=1S/C13H19N3O6/c1-7(2)12(18)21-6-9-8(17)5-11(22-9)16-4-3-10(15-20)14-13(16)19/h3-4,7-9,11,17,20H,5-6H2,1-2H3,(H,14,15,19)/t8-,9+,11+/m0/s1. The molecule has 9 nitrogen and oxygen atoms in total. The van der Waals surface area contributed by atoms with Gasteiger partial charge in [0.2, 0.25) is 0 Å². The molecule has 1 aliphatic rings. The van der Waals surface area contributed by atoms with Crippen molar-refractivity contribution in [1.29, 1.82) is 0 Å². The van der Waals surface area contributed by atoms with Gasteiger partial charge in [-0.05, 0) is 6.07 Å². The van der Waals surface area contributed by atoms with Crippen molar-refractivity contribution in [2.45, 2.75) is 38.7 Å². The van der Waals surface area contributed by atoms with E-state index in [1.165, 1.54) is 16.8 Å². The molecule has 0 aliphatic carbocycles. The van der Waals surface area contributed by atoms with E-state index in [-0.39, 0.29) is 30.7 Å². The molecule has 3 atom stereocenters. The van der Waals surface area contributed by atoms with E-state index in [9.17, 15) is 14.7 Å². The lowest BCUT2D eigenvalue weighted by atomic mass is 10.2. The maximum absolute atomic E-state index is 11.8. The number of anilines is 1. The van der Waals surface area contributed by atoms with E-state index in [4.69, 9.17) is 14.7 Å². The van der Waals surface area contributed by atoms with Crippen molar-refractivity contribution in [3.8, 4) is 0 Å². The lowest BCUT2D eigenvalue weighted by Crippen LogP contribution is -2.30. The largest absolute Gasteiger partial charge is 0.463 e. The predicted octanol–water partition coefficient (Wildman–Crippen LogP) is -0.108. The summed E-state index contributed by atoms with van der Waals surface area (Å²) in [7, 11) is 0. The van der Waals surface area contributed by atoms with Gasteiger partial charge < -0.3 is 14.6 Å². The molecule has 0 unspecified atom stereocenters. The Hall–Kier alpha value is -1.97. The van der Waals surface area contributed by atoms with Crippen LogP contribution in [0.3, 0.4) is 0 Å². The molecule has 3 N–H and O–H groups in total. The third kappa shape index (κ3) is 3.62. The van der Waals surface area contributed by atoms with Gasteiger partial charge in [0, 0.05) is 12.6 Å². The maximum atomic E-state index is 11.8. The second-order valence-corrected chi connectivity index (χ2v) is 5.33. The molecule has 1 fully saturated rings. The topological polar surface area (TPSA) is 123 Å². The number of ether oxygens (including phenoxy) is 2. The van der Waals surface area contributed by atoms with E-state index in [0.717, 1.165) is 0 Å². The number of aliphatic hydroxyl groups is 1. The fourth-order valence-electron chi connectivity index (χ4n) is 2.06. The number of hydrogen-bond donors (Lipinski definition) is 3. The third-order valence-electron chi connectivity index (χ3n) is 3.32. The van der Waals surface area contributed by atoms with Crippen LogP contribution in [0.15, 0.2) is 17.1 Å². The average molecular weight is 313 g/mol. The van der Waals surface area contributed by atoms with Crippen molar-refractivity contribution >= 4 is 11.8 Å². The maximum Gasteiger partial charge on any atom is 0.351 e. The summed E-state index contributed by atoms with van der Waals surface area (Å²) in [5.74, 6) is -0.627. The minimum atomic E-state index is -0.854. The van der Waals surface area contributed by atoms with Gasteiger partial charge in [-0.3, -0.25) is 20.0 Å². The second-order valence-electron chi connectivity index (χ2n) is 5.33. The van der Waals surface area contributed by atoms with E-state index >= 15 is 0 Å². The van der Waals surface area contributed by atoms with Crippen LogP contribution in [-0.4, -0.2) is 44.6 Å². The molecular weight excluding hydrogens is 294 g/mol. The summed E-state index contributed by atoms with van der Waals surface area (Å²) in [4.78, 5) is 26.8. The van der Waals surface area contributed by atoms with E-state index in [0.29, 0.717) is 0 Å². The molecule has 22 heavy (non-hydrogen) atoms. The van der Waals surface area contributed by atoms with Crippen LogP contribution in [0.4, 0.5) is 5.82 Å². The number of carbonyl (C=O) groups is 1. The molecule has 0 saturated carbocycles. The van der Waals surface area contributed by atoms with Crippen molar-refractivity contribution in [3.63, 3.8) is 0 Å². The molecule has 1 aliphatic heterocycles. The molecule has 1 saturated heterocycles. The Morgan fingerprint density at radius 1 is 1.64 bits per heavy atom. The lowest BCUT2D eigenvalue weighted by molar-refractivity contribution is -0.153. The first-order valence-electron chi connectivity index (χ1n) is 6.91. The summed E-state index contributed by atoms with van der Waals surface area (Å²) in [6, 6.07) is 1.39. The number of esters is 1. The van der Waals surface area contributed by atoms with Crippen LogP contribution in [0.25, 0.3) is 0 Å². The summed E-state index contributed by atoms with van der Waals surface area (Å²) in [6.45, 7) is 3.34. The minimum Gasteiger partial charge on any atom is -0.463 e. The van der Waals surface area contributed by atoms with E-state index in [1.807, 2.05) is 0 Å². The number of aromatic nitrogens is 2. The molecule has 2 rings (SSSR count). The van der Waals surface area contributed by atoms with Gasteiger partial charge in [-0.1, -0.05) is 13.8 Å². The Balaban J connectivity index is 2.01. The van der Waals surface area contributed by atoms with Gasteiger partial charge in [0.05, 0.1) is 12.0 Å². The number of aliphatic hydroxyl groups excluding tert-OH is 1. The van der Waals surface area contributed by atoms with Gasteiger partial charge in [-0.15, -0.1) is 0 Å². The highest BCUT2D eigenvalue weighted by Gasteiger charge is 2.36. The fraction of sp³-hybridized carbons (Fsp3) is 0.615. The number of nitrogens with zero attached hydrogens (tertiary/aromatic N) is 2. The highest BCUT2D eigenvalue weighted by atomic mass is 16.6. The van der Waals surface area contributed by atoms with Crippen molar-refractivity contribution in [1.82, 2.24) is 9.55 Å². The molecule has 2 heterocycles. The number of nitrogens with one attached hydrogen (secondary N) is 1. The van der Waals surface area contributed by atoms with Crippen LogP contribution in [0, 0.1) is 5.92 Å². The van der Waals surface area contributed by atoms with Crippen LogP contribution in [-0.2, 0) is 14.3 Å². The number of hydrogen-bond acceptors (Lipinski definition) is 8. The minimum absolute atomic E-state index is 0.0159. The normalized spacial score (nSPS) is 24.5. The molecule has 0 aromatic carbocycles. The lowest BCUT2D eigenvalue weighted by Gasteiger charge is -2.16.